The molecule has 3 aromatic rings. The molecule has 1 fully saturated rings. The van der Waals surface area contributed by atoms with Crippen molar-refractivity contribution in [2.45, 2.75) is 25.3 Å². The van der Waals surface area contributed by atoms with Crippen LogP contribution in [0.25, 0.3) is 10.8 Å². The van der Waals surface area contributed by atoms with E-state index in [0.29, 0.717) is 5.92 Å². The van der Waals surface area contributed by atoms with Gasteiger partial charge >= 0.3 is 0 Å². The van der Waals surface area contributed by atoms with E-state index in [1.54, 1.807) is 18.2 Å². The van der Waals surface area contributed by atoms with Crippen molar-refractivity contribution in [1.82, 2.24) is 9.80 Å². The zero-order chi connectivity index (χ0) is 24.9. The molecule has 36 heavy (non-hydrogen) atoms. The van der Waals surface area contributed by atoms with Gasteiger partial charge in [-0.3, -0.25) is 15.0 Å². The van der Waals surface area contributed by atoms with Gasteiger partial charge in [0.15, 0.2) is 0 Å². The van der Waals surface area contributed by atoms with Crippen molar-refractivity contribution in [3.05, 3.63) is 106 Å². The number of nitro groups is 1. The molecule has 6 nitrogen and oxygen atoms in total. The molecule has 2 aliphatic rings. The van der Waals surface area contributed by atoms with E-state index in [9.17, 15) is 15.2 Å². The Morgan fingerprint density at radius 2 is 1.64 bits per heavy atom. The van der Waals surface area contributed by atoms with E-state index in [1.165, 1.54) is 19.3 Å². The maximum atomic E-state index is 11.2. The third-order valence-electron chi connectivity index (χ3n) is 7.50. The van der Waals surface area contributed by atoms with Crippen molar-refractivity contribution in [2.75, 3.05) is 32.7 Å². The maximum absolute atomic E-state index is 11.2. The summed E-state index contributed by atoms with van der Waals surface area (Å²) in [7, 11) is 0. The van der Waals surface area contributed by atoms with Crippen LogP contribution < -0.4 is 0 Å². The molecule has 0 amide bonds. The number of non-ortho nitro benzene ring substituents is 1. The summed E-state index contributed by atoms with van der Waals surface area (Å²) in [6.45, 7) is 4.79. The van der Waals surface area contributed by atoms with Gasteiger partial charge in [0.25, 0.3) is 5.69 Å². The van der Waals surface area contributed by atoms with Gasteiger partial charge in [-0.2, -0.15) is 0 Å². The van der Waals surface area contributed by atoms with Crippen LogP contribution in [0.3, 0.4) is 0 Å². The van der Waals surface area contributed by atoms with Crippen LogP contribution in [-0.2, 0) is 0 Å². The monoisotopic (exact) mass is 483 g/mol. The Balaban J connectivity index is 1.34. The molecule has 0 spiro atoms. The summed E-state index contributed by atoms with van der Waals surface area (Å²) >= 11 is 0. The molecule has 6 heteroatoms. The standard InChI is InChI=1S/C30H33N3O3/c34-28-17-14-24-10-3-4-11-27(24)29(28)30(25-12-15-26(16-13-25)33(35)36)32-21-19-31(20-22-32)18-6-5-9-23-7-1-2-8-23/h1-4,7-8,10-17,23,30,34H,5-6,9,18-22H2. The predicted molar refractivity (Wildman–Crippen MR) is 144 cm³/mol. The SMILES string of the molecule is O=[N+]([O-])c1ccc(C(c2c(O)ccc3ccccc23)N2CCN(CCCCC3C=CC=C3)CC2)cc1. The van der Waals surface area contributed by atoms with Crippen LogP contribution in [0.2, 0.25) is 0 Å². The van der Waals surface area contributed by atoms with Gasteiger partial charge in [-0.15, -0.1) is 0 Å². The Labute approximate surface area is 212 Å². The molecule has 1 unspecified atom stereocenters. The lowest BCUT2D eigenvalue weighted by atomic mass is 9.91. The first-order valence-electron chi connectivity index (χ1n) is 12.9. The lowest BCUT2D eigenvalue weighted by Gasteiger charge is -2.40. The summed E-state index contributed by atoms with van der Waals surface area (Å²) < 4.78 is 0. The minimum absolute atomic E-state index is 0.0769. The van der Waals surface area contributed by atoms with Gasteiger partial charge in [0, 0.05) is 43.9 Å². The lowest BCUT2D eigenvalue weighted by Crippen LogP contribution is -2.48. The van der Waals surface area contributed by atoms with Crippen molar-refractivity contribution in [3.63, 3.8) is 0 Å². The molecule has 3 aromatic carbocycles. The molecule has 1 N–H and O–H groups in total. The number of hydrogen-bond acceptors (Lipinski definition) is 5. The number of allylic oxidation sites excluding steroid dienone is 4. The van der Waals surface area contributed by atoms with Crippen LogP contribution in [0.1, 0.15) is 36.4 Å². The summed E-state index contributed by atoms with van der Waals surface area (Å²) in [5, 5.41) is 24.4. The second kappa shape index (κ2) is 11.1. The number of piperazine rings is 1. The summed E-state index contributed by atoms with van der Waals surface area (Å²) in [5.74, 6) is 0.868. The lowest BCUT2D eigenvalue weighted by molar-refractivity contribution is -0.384. The topological polar surface area (TPSA) is 69.8 Å². The molecule has 1 aliphatic carbocycles. The highest BCUT2D eigenvalue weighted by Crippen LogP contribution is 2.40. The van der Waals surface area contributed by atoms with Crippen molar-refractivity contribution in [2.24, 2.45) is 5.92 Å². The van der Waals surface area contributed by atoms with Gasteiger partial charge in [0.2, 0.25) is 0 Å². The van der Waals surface area contributed by atoms with E-state index in [1.807, 2.05) is 36.4 Å². The van der Waals surface area contributed by atoms with Crippen LogP contribution >= 0.6 is 0 Å². The van der Waals surface area contributed by atoms with E-state index >= 15 is 0 Å². The van der Waals surface area contributed by atoms with Crippen molar-refractivity contribution >= 4 is 16.5 Å². The third-order valence-corrected chi connectivity index (χ3v) is 7.50. The number of phenols is 1. The fraction of sp³-hybridized carbons (Fsp3) is 0.333. The Hall–Kier alpha value is -3.48. The Morgan fingerprint density at radius 3 is 2.36 bits per heavy atom. The molecule has 1 saturated heterocycles. The Bertz CT molecular complexity index is 1250. The average molecular weight is 484 g/mol. The average Bonchev–Trinajstić information content (AvgIpc) is 3.43. The number of nitrogens with zero attached hydrogens (tertiary/aromatic N) is 3. The number of rotatable bonds is 9. The molecule has 0 radical (unpaired) electrons. The van der Waals surface area contributed by atoms with E-state index in [-0.39, 0.29) is 22.4 Å². The quantitative estimate of drug-likeness (QED) is 0.227. The maximum Gasteiger partial charge on any atom is 0.269 e. The molecule has 5 rings (SSSR count). The van der Waals surface area contributed by atoms with Crippen LogP contribution in [0.5, 0.6) is 5.75 Å². The number of nitro benzene ring substituents is 1. The zero-order valence-corrected chi connectivity index (χ0v) is 20.5. The van der Waals surface area contributed by atoms with Gasteiger partial charge < -0.3 is 10.0 Å². The Kier molecular flexibility index (Phi) is 7.44. The van der Waals surface area contributed by atoms with Gasteiger partial charge in [0.05, 0.1) is 11.0 Å². The van der Waals surface area contributed by atoms with Gasteiger partial charge in [-0.25, -0.2) is 0 Å². The molecule has 1 aliphatic heterocycles. The number of aromatic hydroxyl groups is 1. The van der Waals surface area contributed by atoms with Crippen LogP contribution in [-0.4, -0.2) is 52.6 Å². The van der Waals surface area contributed by atoms with E-state index in [0.717, 1.165) is 54.6 Å². The third kappa shape index (κ3) is 5.35. The molecule has 0 saturated carbocycles. The number of fused-ring (bicyclic) bond motifs is 1. The molecule has 1 atom stereocenters. The van der Waals surface area contributed by atoms with Crippen molar-refractivity contribution in [1.29, 1.82) is 0 Å². The van der Waals surface area contributed by atoms with Gasteiger partial charge in [-0.1, -0.05) is 73.2 Å². The molecule has 0 bridgehead atoms. The summed E-state index contributed by atoms with van der Waals surface area (Å²) in [4.78, 5) is 15.8. The zero-order valence-electron chi connectivity index (χ0n) is 20.5. The first kappa shape index (κ1) is 24.2. The normalized spacial score (nSPS) is 17.7. The summed E-state index contributed by atoms with van der Waals surface area (Å²) in [6.07, 6.45) is 12.5. The highest BCUT2D eigenvalue weighted by molar-refractivity contribution is 5.88. The first-order valence-corrected chi connectivity index (χ1v) is 12.9. The predicted octanol–water partition coefficient (Wildman–Crippen LogP) is 6.07. The van der Waals surface area contributed by atoms with Crippen LogP contribution in [0.4, 0.5) is 5.69 Å². The van der Waals surface area contributed by atoms with Crippen molar-refractivity contribution < 1.29 is 10.0 Å². The molecular formula is C30H33N3O3. The molecule has 1 heterocycles. The first-order chi connectivity index (χ1) is 17.6. The van der Waals surface area contributed by atoms with Crippen LogP contribution in [0.15, 0.2) is 85.0 Å². The number of benzene rings is 3. The fourth-order valence-corrected chi connectivity index (χ4v) is 5.54. The molecule has 186 valence electrons. The summed E-state index contributed by atoms with van der Waals surface area (Å²) in [5.41, 5.74) is 1.90. The van der Waals surface area contributed by atoms with E-state index in [2.05, 4.69) is 40.2 Å². The van der Waals surface area contributed by atoms with Gasteiger partial charge in [-0.05, 0) is 47.7 Å². The number of hydrogen-bond donors (Lipinski definition) is 1. The second-order valence-corrected chi connectivity index (χ2v) is 9.78. The summed E-state index contributed by atoms with van der Waals surface area (Å²) in [6, 6.07) is 18.4. The van der Waals surface area contributed by atoms with E-state index < -0.39 is 0 Å². The highest BCUT2D eigenvalue weighted by atomic mass is 16.6. The van der Waals surface area contributed by atoms with E-state index in [4.69, 9.17) is 0 Å². The fourth-order valence-electron chi connectivity index (χ4n) is 5.54. The minimum atomic E-state index is -0.369. The Morgan fingerprint density at radius 1 is 0.917 bits per heavy atom. The number of phenolic OH excluding ortho intramolecular Hbond substituents is 1. The molecular weight excluding hydrogens is 450 g/mol. The van der Waals surface area contributed by atoms with Crippen LogP contribution in [0, 0.1) is 16.0 Å². The minimum Gasteiger partial charge on any atom is -0.508 e. The molecule has 0 aromatic heterocycles. The smallest absolute Gasteiger partial charge is 0.269 e. The number of unbranched alkanes of at least 4 members (excludes halogenated alkanes) is 1. The highest BCUT2D eigenvalue weighted by Gasteiger charge is 2.30. The second-order valence-electron chi connectivity index (χ2n) is 9.78. The van der Waals surface area contributed by atoms with Crippen molar-refractivity contribution in [3.8, 4) is 5.75 Å². The largest absolute Gasteiger partial charge is 0.508 e. The van der Waals surface area contributed by atoms with Gasteiger partial charge in [0.1, 0.15) is 5.75 Å².